The Morgan fingerprint density at radius 3 is 2.00 bits per heavy atom. The predicted molar refractivity (Wildman–Crippen MR) is 130 cm³/mol. The monoisotopic (exact) mass is 517 g/mol. The van der Waals surface area contributed by atoms with Gasteiger partial charge in [0.05, 0.1) is 0 Å². The number of carboxylic acid groups (broad SMARTS) is 1. The van der Waals surface area contributed by atoms with Gasteiger partial charge in [-0.25, -0.2) is 0 Å². The van der Waals surface area contributed by atoms with Gasteiger partial charge in [-0.05, 0) is 72.8 Å². The van der Waals surface area contributed by atoms with E-state index in [1.54, 1.807) is 0 Å². The van der Waals surface area contributed by atoms with Crippen LogP contribution in [0.4, 0.5) is 0 Å². The van der Waals surface area contributed by atoms with Crippen molar-refractivity contribution in [2.24, 2.45) is 0 Å². The molecule has 0 heterocycles. The number of halogens is 1. The van der Waals surface area contributed by atoms with Gasteiger partial charge in [0.2, 0.25) is 0 Å². The zero-order chi connectivity index (χ0) is 21.2. The molecule has 0 aliphatic rings. The molecule has 0 unspecified atom stereocenters. The van der Waals surface area contributed by atoms with E-state index in [1.807, 2.05) is 24.3 Å². The molecule has 1 aromatic carbocycles. The highest BCUT2D eigenvalue weighted by molar-refractivity contribution is 14.1. The summed E-state index contributed by atoms with van der Waals surface area (Å²) < 4.78 is 7.06. The zero-order valence-corrected chi connectivity index (χ0v) is 20.4. The first kappa shape index (κ1) is 26.2. The number of nitrogens with zero attached hydrogens (tertiary/aromatic N) is 1. The largest absolute Gasteiger partial charge is 0.492 e. The quantitative estimate of drug-likeness (QED) is 0.163. The van der Waals surface area contributed by atoms with Crippen molar-refractivity contribution in [3.63, 3.8) is 0 Å². The van der Waals surface area contributed by atoms with E-state index < -0.39 is 5.97 Å². The van der Waals surface area contributed by atoms with Crippen molar-refractivity contribution >= 4 is 28.6 Å². The third kappa shape index (κ3) is 15.7. The molecular formula is C24H40INO3. The fourth-order valence-corrected chi connectivity index (χ4v) is 3.80. The maximum Gasteiger partial charge on any atom is 0.303 e. The molecule has 0 aromatic heterocycles. The van der Waals surface area contributed by atoms with Crippen LogP contribution in [0, 0.1) is 3.57 Å². The van der Waals surface area contributed by atoms with E-state index in [-0.39, 0.29) is 6.42 Å². The van der Waals surface area contributed by atoms with Crippen LogP contribution in [0.2, 0.25) is 0 Å². The molecule has 5 heteroatoms. The Balaban J connectivity index is 2.17. The second-order valence-corrected chi connectivity index (χ2v) is 9.07. The Hall–Kier alpha value is -0.820. The Labute approximate surface area is 191 Å². The average molecular weight is 517 g/mol. The molecule has 0 aliphatic carbocycles. The second kappa shape index (κ2) is 18.0. The minimum absolute atomic E-state index is 0.243. The van der Waals surface area contributed by atoms with Gasteiger partial charge in [0, 0.05) is 16.5 Å². The van der Waals surface area contributed by atoms with E-state index in [0.29, 0.717) is 13.0 Å². The Morgan fingerprint density at radius 1 is 0.862 bits per heavy atom. The normalized spacial score (nSPS) is 11.1. The van der Waals surface area contributed by atoms with Crippen LogP contribution in [0.1, 0.15) is 84.0 Å². The number of hydrogen-bond acceptors (Lipinski definition) is 3. The van der Waals surface area contributed by atoms with E-state index in [0.717, 1.165) is 25.4 Å². The van der Waals surface area contributed by atoms with E-state index in [2.05, 4.69) is 34.4 Å². The summed E-state index contributed by atoms with van der Waals surface area (Å²) in [6, 6.07) is 8.09. The summed E-state index contributed by atoms with van der Waals surface area (Å²) in [7, 11) is 0. The molecule has 0 aliphatic heterocycles. The van der Waals surface area contributed by atoms with Gasteiger partial charge in [-0.1, -0.05) is 64.7 Å². The predicted octanol–water partition coefficient (Wildman–Crippen LogP) is 6.76. The lowest BCUT2D eigenvalue weighted by molar-refractivity contribution is -0.137. The molecule has 166 valence electrons. The first-order valence-corrected chi connectivity index (χ1v) is 12.5. The highest BCUT2D eigenvalue weighted by Crippen LogP contribution is 2.14. The topological polar surface area (TPSA) is 49.8 Å². The minimum Gasteiger partial charge on any atom is -0.492 e. The van der Waals surface area contributed by atoms with Crippen LogP contribution in [0.15, 0.2) is 24.3 Å². The van der Waals surface area contributed by atoms with E-state index in [9.17, 15) is 4.79 Å². The lowest BCUT2D eigenvalue weighted by Crippen LogP contribution is -2.31. The summed E-state index contributed by atoms with van der Waals surface area (Å²) in [4.78, 5) is 13.2. The average Bonchev–Trinajstić information content (AvgIpc) is 2.70. The first-order chi connectivity index (χ1) is 14.1. The molecular weight excluding hydrogens is 477 g/mol. The highest BCUT2D eigenvalue weighted by atomic mass is 127. The molecule has 0 radical (unpaired) electrons. The fourth-order valence-electron chi connectivity index (χ4n) is 3.44. The smallest absolute Gasteiger partial charge is 0.303 e. The van der Waals surface area contributed by atoms with Crippen LogP contribution in [-0.2, 0) is 4.79 Å². The third-order valence-corrected chi connectivity index (χ3v) is 5.90. The molecule has 0 saturated heterocycles. The van der Waals surface area contributed by atoms with Gasteiger partial charge in [0.1, 0.15) is 12.4 Å². The van der Waals surface area contributed by atoms with Gasteiger partial charge >= 0.3 is 5.97 Å². The number of ether oxygens (including phenoxy) is 1. The summed E-state index contributed by atoms with van der Waals surface area (Å²) in [5.74, 6) is 0.189. The van der Waals surface area contributed by atoms with E-state index in [4.69, 9.17) is 9.84 Å². The molecule has 1 N–H and O–H groups in total. The maximum absolute atomic E-state index is 10.8. The summed E-state index contributed by atoms with van der Waals surface area (Å²) in [6.45, 7) is 5.62. The summed E-state index contributed by atoms with van der Waals surface area (Å²) >= 11 is 2.29. The zero-order valence-electron chi connectivity index (χ0n) is 18.2. The number of carboxylic acids is 1. The SMILES string of the molecule is CCCCCCCCCCCCN(CCCC(=O)O)CCOc1ccc(I)cc1. The summed E-state index contributed by atoms with van der Waals surface area (Å²) in [5, 5.41) is 8.89. The van der Waals surface area contributed by atoms with Crippen molar-refractivity contribution < 1.29 is 14.6 Å². The second-order valence-electron chi connectivity index (χ2n) is 7.82. The molecule has 1 aromatic rings. The number of benzene rings is 1. The van der Waals surface area contributed by atoms with Crippen LogP contribution in [0.5, 0.6) is 5.75 Å². The third-order valence-electron chi connectivity index (χ3n) is 5.18. The molecule has 1 rings (SSSR count). The van der Waals surface area contributed by atoms with Gasteiger partial charge in [-0.15, -0.1) is 0 Å². The highest BCUT2D eigenvalue weighted by Gasteiger charge is 2.07. The van der Waals surface area contributed by atoms with Gasteiger partial charge in [-0.3, -0.25) is 9.69 Å². The number of rotatable bonds is 19. The van der Waals surface area contributed by atoms with Gasteiger partial charge in [-0.2, -0.15) is 0 Å². The van der Waals surface area contributed by atoms with Crippen LogP contribution < -0.4 is 4.74 Å². The van der Waals surface area contributed by atoms with Crippen LogP contribution >= 0.6 is 22.6 Å². The van der Waals surface area contributed by atoms with Gasteiger partial charge in [0.25, 0.3) is 0 Å². The lowest BCUT2D eigenvalue weighted by Gasteiger charge is -2.22. The van der Waals surface area contributed by atoms with E-state index >= 15 is 0 Å². The number of carbonyl (C=O) groups is 1. The van der Waals surface area contributed by atoms with Crippen molar-refractivity contribution in [1.82, 2.24) is 4.90 Å². The van der Waals surface area contributed by atoms with Crippen molar-refractivity contribution in [3.05, 3.63) is 27.8 Å². The number of aliphatic carboxylic acids is 1. The number of unbranched alkanes of at least 4 members (excludes halogenated alkanes) is 9. The Kier molecular flexibility index (Phi) is 16.3. The molecule has 0 amide bonds. The molecule has 29 heavy (non-hydrogen) atoms. The van der Waals surface area contributed by atoms with Crippen LogP contribution in [0.3, 0.4) is 0 Å². The van der Waals surface area contributed by atoms with Crippen LogP contribution in [0.25, 0.3) is 0 Å². The fraction of sp³-hybridized carbons (Fsp3) is 0.708. The molecule has 4 nitrogen and oxygen atoms in total. The summed E-state index contributed by atoms with van der Waals surface area (Å²) in [5.41, 5.74) is 0. The molecule has 0 spiro atoms. The molecule has 0 saturated carbocycles. The number of hydrogen-bond donors (Lipinski definition) is 1. The lowest BCUT2D eigenvalue weighted by atomic mass is 10.1. The van der Waals surface area contributed by atoms with Crippen LogP contribution in [-0.4, -0.2) is 42.2 Å². The van der Waals surface area contributed by atoms with Crippen molar-refractivity contribution in [1.29, 1.82) is 0 Å². The molecule has 0 fully saturated rings. The van der Waals surface area contributed by atoms with Crippen molar-refractivity contribution in [2.75, 3.05) is 26.2 Å². The maximum atomic E-state index is 10.8. The summed E-state index contributed by atoms with van der Waals surface area (Å²) in [6.07, 6.45) is 14.3. The minimum atomic E-state index is -0.709. The Bertz CT molecular complexity index is 521. The van der Waals surface area contributed by atoms with Crippen molar-refractivity contribution in [3.8, 4) is 5.75 Å². The van der Waals surface area contributed by atoms with Gasteiger partial charge < -0.3 is 9.84 Å². The molecule has 0 bridgehead atoms. The standard InChI is InChI=1S/C24H40INO3/c1-2-3-4-5-6-7-8-9-10-11-18-26(19-12-13-24(27)28)20-21-29-23-16-14-22(25)15-17-23/h14-17H,2-13,18-21H2,1H3,(H,27,28). The van der Waals surface area contributed by atoms with Crippen molar-refractivity contribution in [2.45, 2.75) is 84.0 Å². The van der Waals surface area contributed by atoms with Gasteiger partial charge in [0.15, 0.2) is 0 Å². The van der Waals surface area contributed by atoms with E-state index in [1.165, 1.54) is 67.8 Å². The molecule has 0 atom stereocenters. The Morgan fingerprint density at radius 2 is 1.41 bits per heavy atom. The first-order valence-electron chi connectivity index (χ1n) is 11.4.